The molecule has 136 valence electrons. The number of nitrogens with zero attached hydrogens (tertiary/aromatic N) is 2. The molecule has 0 spiro atoms. The Morgan fingerprint density at radius 2 is 1.96 bits per heavy atom. The molecule has 7 heteroatoms. The number of H-pyrrole nitrogens is 1. The standard InChI is InChI=1S/C18H25N5O.ClH/c1-18(2,3)14-8-6-12(7-9-14)15-20-17(23-22-15)21-16(24)13-5-4-10-19-11-13;/h6-9,13,19H,4-5,10-11H2,1-3H3,(H2,20,21,22,23,24);1H. The molecule has 3 N–H and O–H groups in total. The van der Waals surface area contributed by atoms with E-state index in [1.807, 2.05) is 12.1 Å². The summed E-state index contributed by atoms with van der Waals surface area (Å²) in [5.41, 5.74) is 2.34. The fraction of sp³-hybridized carbons (Fsp3) is 0.500. The number of nitrogens with one attached hydrogen (secondary N) is 3. The highest BCUT2D eigenvalue weighted by Gasteiger charge is 2.22. The fourth-order valence-corrected chi connectivity index (χ4v) is 2.86. The maximum absolute atomic E-state index is 12.2. The van der Waals surface area contributed by atoms with Crippen molar-refractivity contribution in [2.45, 2.75) is 39.0 Å². The Morgan fingerprint density at radius 3 is 2.56 bits per heavy atom. The van der Waals surface area contributed by atoms with Gasteiger partial charge in [-0.05, 0) is 30.4 Å². The Kier molecular flexibility index (Phi) is 6.19. The first kappa shape index (κ1) is 19.4. The summed E-state index contributed by atoms with van der Waals surface area (Å²) >= 11 is 0. The third kappa shape index (κ3) is 4.80. The molecule has 1 aromatic heterocycles. The largest absolute Gasteiger partial charge is 0.316 e. The molecule has 1 aliphatic rings. The highest BCUT2D eigenvalue weighted by Crippen LogP contribution is 2.25. The van der Waals surface area contributed by atoms with Crippen LogP contribution in [0.1, 0.15) is 39.2 Å². The number of piperidine rings is 1. The normalized spacial score (nSPS) is 17.6. The minimum Gasteiger partial charge on any atom is -0.316 e. The molecule has 1 aliphatic heterocycles. The zero-order chi connectivity index (χ0) is 17.2. The van der Waals surface area contributed by atoms with Crippen LogP contribution in [0.4, 0.5) is 5.95 Å². The molecule has 1 unspecified atom stereocenters. The second kappa shape index (κ2) is 7.97. The van der Waals surface area contributed by atoms with Crippen molar-refractivity contribution in [3.8, 4) is 11.4 Å². The van der Waals surface area contributed by atoms with E-state index in [1.54, 1.807) is 0 Å². The van der Waals surface area contributed by atoms with Gasteiger partial charge in [-0.25, -0.2) is 0 Å². The van der Waals surface area contributed by atoms with Crippen molar-refractivity contribution in [1.29, 1.82) is 0 Å². The minimum atomic E-state index is -0.0177. The van der Waals surface area contributed by atoms with Crippen LogP contribution in [0, 0.1) is 5.92 Å². The van der Waals surface area contributed by atoms with Gasteiger partial charge in [0.1, 0.15) is 0 Å². The predicted octanol–water partition coefficient (Wildman–Crippen LogP) is 3.13. The quantitative estimate of drug-likeness (QED) is 0.782. The number of aromatic amines is 1. The third-order valence-corrected chi connectivity index (χ3v) is 4.41. The number of anilines is 1. The molecule has 2 aromatic rings. The number of rotatable bonds is 3. The van der Waals surface area contributed by atoms with Crippen molar-refractivity contribution >= 4 is 24.3 Å². The van der Waals surface area contributed by atoms with Gasteiger partial charge in [0.15, 0.2) is 5.82 Å². The van der Waals surface area contributed by atoms with Crippen LogP contribution in [-0.2, 0) is 10.2 Å². The van der Waals surface area contributed by atoms with Crippen LogP contribution in [-0.4, -0.2) is 34.2 Å². The van der Waals surface area contributed by atoms with Gasteiger partial charge in [-0.1, -0.05) is 45.0 Å². The van der Waals surface area contributed by atoms with Gasteiger partial charge >= 0.3 is 0 Å². The van der Waals surface area contributed by atoms with Crippen LogP contribution >= 0.6 is 12.4 Å². The summed E-state index contributed by atoms with van der Waals surface area (Å²) in [4.78, 5) is 16.6. The van der Waals surface area contributed by atoms with Crippen LogP contribution in [0.15, 0.2) is 24.3 Å². The van der Waals surface area contributed by atoms with Gasteiger partial charge in [0, 0.05) is 12.1 Å². The van der Waals surface area contributed by atoms with Crippen molar-refractivity contribution in [3.63, 3.8) is 0 Å². The van der Waals surface area contributed by atoms with E-state index in [1.165, 1.54) is 5.56 Å². The van der Waals surface area contributed by atoms with E-state index in [4.69, 9.17) is 0 Å². The zero-order valence-corrected chi connectivity index (χ0v) is 15.7. The predicted molar refractivity (Wildman–Crippen MR) is 102 cm³/mol. The molecule has 1 amide bonds. The molecule has 25 heavy (non-hydrogen) atoms. The lowest BCUT2D eigenvalue weighted by atomic mass is 9.87. The second-order valence-corrected chi connectivity index (χ2v) is 7.37. The number of aromatic nitrogens is 3. The summed E-state index contributed by atoms with van der Waals surface area (Å²) in [7, 11) is 0. The first-order chi connectivity index (χ1) is 11.4. The van der Waals surface area contributed by atoms with Crippen LogP contribution in [0.3, 0.4) is 0 Å². The van der Waals surface area contributed by atoms with Crippen molar-refractivity contribution < 1.29 is 4.79 Å². The number of carbonyl (C=O) groups is 1. The average molecular weight is 364 g/mol. The van der Waals surface area contributed by atoms with Crippen LogP contribution < -0.4 is 10.6 Å². The molecule has 3 rings (SSSR count). The molecule has 1 atom stereocenters. The number of hydrogen-bond acceptors (Lipinski definition) is 4. The Bertz CT molecular complexity index is 699. The monoisotopic (exact) mass is 363 g/mol. The summed E-state index contributed by atoms with van der Waals surface area (Å²) < 4.78 is 0. The highest BCUT2D eigenvalue weighted by molar-refractivity contribution is 5.91. The molecule has 2 heterocycles. The Labute approximate surface area is 154 Å². The summed E-state index contributed by atoms with van der Waals surface area (Å²) in [5.74, 6) is 0.968. The molecule has 1 saturated heterocycles. The van der Waals surface area contributed by atoms with Gasteiger partial charge in [0.2, 0.25) is 11.9 Å². The number of hydrogen-bond donors (Lipinski definition) is 3. The molecule has 1 fully saturated rings. The van der Waals surface area contributed by atoms with Crippen molar-refractivity contribution in [3.05, 3.63) is 29.8 Å². The molecule has 0 aliphatic carbocycles. The van der Waals surface area contributed by atoms with Crippen molar-refractivity contribution in [2.75, 3.05) is 18.4 Å². The van der Waals surface area contributed by atoms with Crippen LogP contribution in [0.2, 0.25) is 0 Å². The van der Waals surface area contributed by atoms with E-state index in [2.05, 4.69) is 58.7 Å². The van der Waals surface area contributed by atoms with E-state index < -0.39 is 0 Å². The van der Waals surface area contributed by atoms with Gasteiger partial charge in [-0.15, -0.1) is 17.5 Å². The van der Waals surface area contributed by atoms with Crippen molar-refractivity contribution in [1.82, 2.24) is 20.5 Å². The first-order valence-corrected chi connectivity index (χ1v) is 8.48. The lowest BCUT2D eigenvalue weighted by Gasteiger charge is -2.20. The first-order valence-electron chi connectivity index (χ1n) is 8.48. The zero-order valence-electron chi connectivity index (χ0n) is 14.9. The van der Waals surface area contributed by atoms with Crippen molar-refractivity contribution in [2.24, 2.45) is 5.92 Å². The summed E-state index contributed by atoms with van der Waals surface area (Å²) in [6.07, 6.45) is 1.93. The molecule has 0 radical (unpaired) electrons. The number of halogens is 1. The van der Waals surface area contributed by atoms with E-state index >= 15 is 0 Å². The van der Waals surface area contributed by atoms with Crippen LogP contribution in [0.25, 0.3) is 11.4 Å². The van der Waals surface area contributed by atoms with E-state index in [0.717, 1.165) is 31.5 Å². The van der Waals surface area contributed by atoms with Gasteiger partial charge < -0.3 is 5.32 Å². The van der Waals surface area contributed by atoms with Gasteiger partial charge in [0.25, 0.3) is 0 Å². The lowest BCUT2D eigenvalue weighted by Crippen LogP contribution is -2.37. The maximum atomic E-state index is 12.2. The Morgan fingerprint density at radius 1 is 1.24 bits per heavy atom. The third-order valence-electron chi connectivity index (χ3n) is 4.41. The highest BCUT2D eigenvalue weighted by atomic mass is 35.5. The van der Waals surface area contributed by atoms with Gasteiger partial charge in [-0.2, -0.15) is 4.98 Å². The smallest absolute Gasteiger partial charge is 0.249 e. The van der Waals surface area contributed by atoms with E-state index in [-0.39, 0.29) is 29.6 Å². The molecular weight excluding hydrogens is 338 g/mol. The van der Waals surface area contributed by atoms with Crippen LogP contribution in [0.5, 0.6) is 0 Å². The molecule has 1 aromatic carbocycles. The number of benzene rings is 1. The molecular formula is C18H26ClN5O. The Balaban J connectivity index is 0.00000225. The molecule has 6 nitrogen and oxygen atoms in total. The van der Waals surface area contributed by atoms with E-state index in [9.17, 15) is 4.79 Å². The number of amides is 1. The molecule has 0 saturated carbocycles. The maximum Gasteiger partial charge on any atom is 0.249 e. The summed E-state index contributed by atoms with van der Waals surface area (Å²) in [5, 5.41) is 13.1. The SMILES string of the molecule is CC(C)(C)c1ccc(-c2nc(NC(=O)C3CCCNC3)n[nH]2)cc1.Cl. The number of carbonyl (C=O) groups excluding carboxylic acids is 1. The Hall–Kier alpha value is -1.92. The topological polar surface area (TPSA) is 82.7 Å². The van der Waals surface area contributed by atoms with Gasteiger partial charge in [-0.3, -0.25) is 15.2 Å². The average Bonchev–Trinajstić information content (AvgIpc) is 3.03. The van der Waals surface area contributed by atoms with Gasteiger partial charge in [0.05, 0.1) is 5.92 Å². The lowest BCUT2D eigenvalue weighted by molar-refractivity contribution is -0.120. The second-order valence-electron chi connectivity index (χ2n) is 7.37. The minimum absolute atomic E-state index is 0. The fourth-order valence-electron chi connectivity index (χ4n) is 2.86. The van der Waals surface area contributed by atoms with E-state index in [0.29, 0.717) is 11.8 Å². The molecule has 0 bridgehead atoms. The summed E-state index contributed by atoms with van der Waals surface area (Å²) in [6.45, 7) is 8.26. The summed E-state index contributed by atoms with van der Waals surface area (Å²) in [6, 6.07) is 8.25.